The van der Waals surface area contributed by atoms with Gasteiger partial charge in [0.1, 0.15) is 0 Å². The smallest absolute Gasteiger partial charge is 0.383 e. The molecule has 114 valence electrons. The highest BCUT2D eigenvalue weighted by Crippen LogP contribution is 2.31. The maximum absolute atomic E-state index is 12.5. The summed E-state index contributed by atoms with van der Waals surface area (Å²) in [6.07, 6.45) is -3.43. The Balaban J connectivity index is 2.30. The summed E-state index contributed by atoms with van der Waals surface area (Å²) < 4.78 is 42.3. The van der Waals surface area contributed by atoms with E-state index in [4.69, 9.17) is 4.52 Å². The van der Waals surface area contributed by atoms with Crippen molar-refractivity contribution >= 4 is 0 Å². The molecule has 2 aromatic rings. The fraction of sp³-hybridized carbons (Fsp3) is 0.462. The molecule has 2 atom stereocenters. The molecule has 8 heteroatoms. The van der Waals surface area contributed by atoms with Gasteiger partial charge in [-0.15, -0.1) is 0 Å². The lowest BCUT2D eigenvalue weighted by molar-refractivity contribution is -0.210. The van der Waals surface area contributed by atoms with Crippen LogP contribution in [0.15, 0.2) is 23.0 Å². The molecule has 0 saturated carbocycles. The molecule has 5 nitrogen and oxygen atoms in total. The Labute approximate surface area is 118 Å². The van der Waals surface area contributed by atoms with E-state index in [0.29, 0.717) is 12.0 Å². The monoisotopic (exact) mass is 301 g/mol. The van der Waals surface area contributed by atoms with Gasteiger partial charge in [-0.2, -0.15) is 18.2 Å². The van der Waals surface area contributed by atoms with Crippen molar-refractivity contribution in [2.24, 2.45) is 0 Å². The SMILES string of the molecule is CCc1cnccc1-c1noc(C(C)C(O)C(F)(F)F)n1. The maximum Gasteiger partial charge on any atom is 0.415 e. The third-order valence-corrected chi connectivity index (χ3v) is 3.17. The van der Waals surface area contributed by atoms with Crippen molar-refractivity contribution in [2.45, 2.75) is 38.5 Å². The van der Waals surface area contributed by atoms with Crippen LogP contribution in [-0.4, -0.2) is 32.5 Å². The number of halogens is 3. The molecule has 0 aliphatic carbocycles. The molecule has 0 aromatic carbocycles. The van der Waals surface area contributed by atoms with E-state index in [9.17, 15) is 18.3 Å². The molecular formula is C13H14F3N3O2. The first-order chi connectivity index (χ1) is 9.84. The van der Waals surface area contributed by atoms with Crippen molar-refractivity contribution < 1.29 is 22.8 Å². The van der Waals surface area contributed by atoms with Gasteiger partial charge in [-0.1, -0.05) is 19.0 Å². The zero-order valence-electron chi connectivity index (χ0n) is 11.4. The molecule has 0 aliphatic heterocycles. The Morgan fingerprint density at radius 3 is 2.71 bits per heavy atom. The van der Waals surface area contributed by atoms with Crippen molar-refractivity contribution in [1.29, 1.82) is 0 Å². The number of aliphatic hydroxyl groups is 1. The van der Waals surface area contributed by atoms with Crippen molar-refractivity contribution in [3.63, 3.8) is 0 Å². The molecule has 21 heavy (non-hydrogen) atoms. The summed E-state index contributed by atoms with van der Waals surface area (Å²) in [6, 6.07) is 1.67. The number of alkyl halides is 3. The number of pyridine rings is 1. The summed E-state index contributed by atoms with van der Waals surface area (Å²) in [4.78, 5) is 7.93. The lowest BCUT2D eigenvalue weighted by Gasteiger charge is -2.17. The van der Waals surface area contributed by atoms with Gasteiger partial charge in [-0.05, 0) is 18.1 Å². The second-order valence-electron chi connectivity index (χ2n) is 4.62. The van der Waals surface area contributed by atoms with Crippen molar-refractivity contribution in [3.05, 3.63) is 29.9 Å². The van der Waals surface area contributed by atoms with Crippen LogP contribution in [0.4, 0.5) is 13.2 Å². The van der Waals surface area contributed by atoms with Crippen LogP contribution in [0.5, 0.6) is 0 Å². The summed E-state index contributed by atoms with van der Waals surface area (Å²) in [5.74, 6) is -1.41. The van der Waals surface area contributed by atoms with Crippen LogP contribution in [-0.2, 0) is 6.42 Å². The Kier molecular flexibility index (Phi) is 4.26. The molecule has 2 rings (SSSR count). The fourth-order valence-corrected chi connectivity index (χ4v) is 1.88. The summed E-state index contributed by atoms with van der Waals surface area (Å²) in [5, 5.41) is 12.9. The van der Waals surface area contributed by atoms with Crippen molar-refractivity contribution in [2.75, 3.05) is 0 Å². The molecule has 0 fully saturated rings. The quantitative estimate of drug-likeness (QED) is 0.940. The number of hydrogen-bond acceptors (Lipinski definition) is 5. The first kappa shape index (κ1) is 15.4. The summed E-state index contributed by atoms with van der Waals surface area (Å²) in [7, 11) is 0. The van der Waals surface area contributed by atoms with Gasteiger partial charge in [0, 0.05) is 18.0 Å². The van der Waals surface area contributed by atoms with Gasteiger partial charge in [0.2, 0.25) is 11.7 Å². The van der Waals surface area contributed by atoms with E-state index >= 15 is 0 Å². The lowest BCUT2D eigenvalue weighted by Crippen LogP contribution is -2.33. The van der Waals surface area contributed by atoms with Crippen molar-refractivity contribution in [3.8, 4) is 11.4 Å². The Morgan fingerprint density at radius 1 is 1.38 bits per heavy atom. The average molecular weight is 301 g/mol. The summed E-state index contributed by atoms with van der Waals surface area (Å²) in [6.45, 7) is 3.10. The van der Waals surface area contributed by atoms with Crippen LogP contribution in [0, 0.1) is 0 Å². The molecule has 0 amide bonds. The highest BCUT2D eigenvalue weighted by atomic mass is 19.4. The van der Waals surface area contributed by atoms with E-state index in [1.807, 2.05) is 6.92 Å². The van der Waals surface area contributed by atoms with Crippen molar-refractivity contribution in [1.82, 2.24) is 15.1 Å². The van der Waals surface area contributed by atoms with Gasteiger partial charge in [0.25, 0.3) is 0 Å². The van der Waals surface area contributed by atoms with Crippen LogP contribution in [0.1, 0.15) is 31.2 Å². The predicted octanol–water partition coefficient (Wildman–Crippen LogP) is 2.72. The third-order valence-electron chi connectivity index (χ3n) is 3.17. The molecule has 0 saturated heterocycles. The number of aliphatic hydroxyl groups excluding tert-OH is 1. The highest BCUT2D eigenvalue weighted by molar-refractivity contribution is 5.58. The molecule has 0 bridgehead atoms. The molecule has 1 N–H and O–H groups in total. The van der Waals surface area contributed by atoms with Crippen LogP contribution in [0.2, 0.25) is 0 Å². The molecule has 0 aliphatic rings. The second-order valence-corrected chi connectivity index (χ2v) is 4.62. The third kappa shape index (κ3) is 3.21. The van der Waals surface area contributed by atoms with Gasteiger partial charge in [-0.3, -0.25) is 4.98 Å². The predicted molar refractivity (Wildman–Crippen MR) is 67.4 cm³/mol. The number of aromatic nitrogens is 3. The number of rotatable bonds is 4. The summed E-state index contributed by atoms with van der Waals surface area (Å²) >= 11 is 0. The Morgan fingerprint density at radius 2 is 2.10 bits per heavy atom. The van der Waals surface area contributed by atoms with E-state index in [0.717, 1.165) is 5.56 Å². The molecule has 0 spiro atoms. The molecule has 2 aromatic heterocycles. The van der Waals surface area contributed by atoms with Gasteiger partial charge in [-0.25, -0.2) is 0 Å². The van der Waals surface area contributed by atoms with Gasteiger partial charge in [0.05, 0.1) is 5.92 Å². The minimum Gasteiger partial charge on any atom is -0.383 e. The van der Waals surface area contributed by atoms with Crippen LogP contribution in [0.3, 0.4) is 0 Å². The largest absolute Gasteiger partial charge is 0.415 e. The first-order valence-electron chi connectivity index (χ1n) is 6.36. The average Bonchev–Trinajstić information content (AvgIpc) is 2.94. The van der Waals surface area contributed by atoms with E-state index in [-0.39, 0.29) is 11.7 Å². The summed E-state index contributed by atoms with van der Waals surface area (Å²) in [5.41, 5.74) is 1.50. The molecule has 2 unspecified atom stereocenters. The minimum absolute atomic E-state index is 0.186. The van der Waals surface area contributed by atoms with Crippen LogP contribution in [0.25, 0.3) is 11.4 Å². The number of nitrogens with zero attached hydrogens (tertiary/aromatic N) is 3. The number of aryl methyl sites for hydroxylation is 1. The first-order valence-corrected chi connectivity index (χ1v) is 6.36. The molecular weight excluding hydrogens is 287 g/mol. The second kappa shape index (κ2) is 5.80. The van der Waals surface area contributed by atoms with E-state index < -0.39 is 18.2 Å². The molecule has 2 heterocycles. The molecule has 0 radical (unpaired) electrons. The van der Waals surface area contributed by atoms with E-state index in [2.05, 4.69) is 15.1 Å². The fourth-order valence-electron chi connectivity index (χ4n) is 1.88. The maximum atomic E-state index is 12.5. The number of hydrogen-bond donors (Lipinski definition) is 1. The van der Waals surface area contributed by atoms with E-state index in [1.165, 1.54) is 6.92 Å². The van der Waals surface area contributed by atoms with Crippen LogP contribution < -0.4 is 0 Å². The van der Waals surface area contributed by atoms with Gasteiger partial charge >= 0.3 is 6.18 Å². The minimum atomic E-state index is -4.74. The zero-order chi connectivity index (χ0) is 15.6. The zero-order valence-corrected chi connectivity index (χ0v) is 11.4. The van der Waals surface area contributed by atoms with Crippen LogP contribution >= 0.6 is 0 Å². The lowest BCUT2D eigenvalue weighted by atomic mass is 10.0. The van der Waals surface area contributed by atoms with Gasteiger partial charge < -0.3 is 9.63 Å². The topological polar surface area (TPSA) is 72.0 Å². The van der Waals surface area contributed by atoms with E-state index in [1.54, 1.807) is 18.5 Å². The standard InChI is InChI=1S/C13H14F3N3O2/c1-3-8-6-17-5-4-9(8)11-18-12(21-19-11)7(2)10(20)13(14,15)16/h4-7,10,20H,3H2,1-2H3. The highest BCUT2D eigenvalue weighted by Gasteiger charge is 2.44. The Bertz CT molecular complexity index is 613. The van der Waals surface area contributed by atoms with Gasteiger partial charge in [0.15, 0.2) is 6.10 Å². The Hall–Kier alpha value is -1.96. The normalized spacial score (nSPS) is 15.0.